The molecule has 0 aliphatic heterocycles. The van der Waals surface area contributed by atoms with Gasteiger partial charge in [0.1, 0.15) is 0 Å². The highest BCUT2D eigenvalue weighted by Crippen LogP contribution is 2.12. The molecule has 0 radical (unpaired) electrons. The van der Waals surface area contributed by atoms with Gasteiger partial charge in [-0.3, -0.25) is 0 Å². The van der Waals surface area contributed by atoms with Crippen molar-refractivity contribution in [2.24, 2.45) is 11.3 Å². The Morgan fingerprint density at radius 1 is 1.12 bits per heavy atom. The maximum atomic E-state index is 3.61. The largest absolute Gasteiger partial charge is 0.313 e. The molecule has 100 valence electrons. The second-order valence-electron chi connectivity index (χ2n) is 6.38. The quantitative estimate of drug-likeness (QED) is 0.653. The molecule has 1 N–H and O–H groups in total. The summed E-state index contributed by atoms with van der Waals surface area (Å²) >= 11 is 0. The summed E-state index contributed by atoms with van der Waals surface area (Å²) in [7, 11) is 0. The van der Waals surface area contributed by atoms with Gasteiger partial charge in [0.05, 0.1) is 0 Å². The summed E-state index contributed by atoms with van der Waals surface area (Å²) in [6.45, 7) is 14.4. The summed E-state index contributed by atoms with van der Waals surface area (Å²) in [5.41, 5.74) is 0.132. The van der Waals surface area contributed by atoms with Crippen LogP contribution in [-0.2, 0) is 0 Å². The van der Waals surface area contributed by atoms with E-state index in [9.17, 15) is 0 Å². The minimum Gasteiger partial charge on any atom is -0.313 e. The van der Waals surface area contributed by atoms with Crippen LogP contribution in [0.2, 0.25) is 0 Å². The Morgan fingerprint density at radius 2 is 1.76 bits per heavy atom. The highest BCUT2D eigenvalue weighted by Gasteiger charge is 2.08. The normalized spacial score (nSPS) is 13.4. The van der Waals surface area contributed by atoms with E-state index in [-0.39, 0.29) is 5.41 Å². The zero-order chi connectivity index (χ0) is 13.3. The van der Waals surface area contributed by atoms with Crippen molar-refractivity contribution in [1.29, 1.82) is 0 Å². The Bertz CT molecular complexity index is 236. The van der Waals surface area contributed by atoms with Gasteiger partial charge >= 0.3 is 0 Å². The van der Waals surface area contributed by atoms with Gasteiger partial charge < -0.3 is 5.32 Å². The maximum absolute atomic E-state index is 3.61. The van der Waals surface area contributed by atoms with Crippen molar-refractivity contribution in [3.63, 3.8) is 0 Å². The molecule has 0 fully saturated rings. The van der Waals surface area contributed by atoms with E-state index < -0.39 is 0 Å². The lowest BCUT2D eigenvalue weighted by Crippen LogP contribution is -2.29. The third-order valence-electron chi connectivity index (χ3n) is 2.59. The molecule has 0 amide bonds. The fraction of sp³-hybridized carbons (Fsp3) is 0.875. The lowest BCUT2D eigenvalue weighted by atomic mass is 9.96. The third kappa shape index (κ3) is 11.8. The van der Waals surface area contributed by atoms with Crippen LogP contribution >= 0.6 is 0 Å². The summed E-state index contributed by atoms with van der Waals surface area (Å²) < 4.78 is 0. The van der Waals surface area contributed by atoms with Crippen LogP contribution in [0.3, 0.4) is 0 Å². The summed E-state index contributed by atoms with van der Waals surface area (Å²) in [5.74, 6) is 7.46. The first-order valence-electron chi connectivity index (χ1n) is 7.08. The Morgan fingerprint density at radius 3 is 2.24 bits per heavy atom. The average Bonchev–Trinajstić information content (AvgIpc) is 2.19. The van der Waals surface area contributed by atoms with Gasteiger partial charge in [0.25, 0.3) is 0 Å². The fourth-order valence-corrected chi connectivity index (χ4v) is 1.60. The van der Waals surface area contributed by atoms with Gasteiger partial charge in [-0.2, -0.15) is 0 Å². The third-order valence-corrected chi connectivity index (χ3v) is 2.59. The minimum absolute atomic E-state index is 0.132. The predicted molar refractivity (Wildman–Crippen MR) is 78.0 cm³/mol. The van der Waals surface area contributed by atoms with Crippen molar-refractivity contribution in [2.75, 3.05) is 6.54 Å². The van der Waals surface area contributed by atoms with Crippen LogP contribution in [0.25, 0.3) is 0 Å². The molecular weight excluding hydrogens is 206 g/mol. The molecular formula is C16H31N. The van der Waals surface area contributed by atoms with E-state index >= 15 is 0 Å². The summed E-state index contributed by atoms with van der Waals surface area (Å²) in [5, 5.41) is 3.61. The lowest BCUT2D eigenvalue weighted by Gasteiger charge is -2.17. The van der Waals surface area contributed by atoms with Crippen LogP contribution in [0, 0.1) is 23.2 Å². The van der Waals surface area contributed by atoms with E-state index in [0.717, 1.165) is 18.9 Å². The molecule has 0 saturated heterocycles. The number of rotatable bonds is 7. The standard InChI is InChI=1S/C16H31N/c1-7-13-17-15(11-10-14(2)3)9-8-12-16(4,5)6/h14-15,17H,7,9-11,13H2,1-6H3. The van der Waals surface area contributed by atoms with E-state index in [1.54, 1.807) is 0 Å². The second-order valence-corrected chi connectivity index (χ2v) is 6.38. The molecule has 0 bridgehead atoms. The highest BCUT2D eigenvalue weighted by molar-refractivity contribution is 5.08. The SMILES string of the molecule is CCCNC(CC#CC(C)(C)C)CCC(C)C. The molecule has 1 heteroatoms. The zero-order valence-electron chi connectivity index (χ0n) is 12.7. The molecule has 17 heavy (non-hydrogen) atoms. The molecule has 0 aliphatic rings. The van der Waals surface area contributed by atoms with Crippen molar-refractivity contribution >= 4 is 0 Å². The summed E-state index contributed by atoms with van der Waals surface area (Å²) in [6, 6.07) is 0.576. The smallest absolute Gasteiger partial charge is 0.0243 e. The Kier molecular flexibility index (Phi) is 8.35. The van der Waals surface area contributed by atoms with E-state index in [1.165, 1.54) is 19.3 Å². The van der Waals surface area contributed by atoms with E-state index in [0.29, 0.717) is 6.04 Å². The van der Waals surface area contributed by atoms with E-state index in [4.69, 9.17) is 0 Å². The van der Waals surface area contributed by atoms with Crippen molar-refractivity contribution in [1.82, 2.24) is 5.32 Å². The average molecular weight is 237 g/mol. The predicted octanol–water partition coefficient (Wildman–Crippen LogP) is 4.23. The molecule has 0 spiro atoms. The number of nitrogens with one attached hydrogen (secondary N) is 1. The molecule has 0 aromatic rings. The molecule has 1 unspecified atom stereocenters. The monoisotopic (exact) mass is 237 g/mol. The molecule has 0 aromatic carbocycles. The van der Waals surface area contributed by atoms with Crippen LogP contribution in [0.1, 0.15) is 67.2 Å². The van der Waals surface area contributed by atoms with Gasteiger partial charge in [0, 0.05) is 17.9 Å². The van der Waals surface area contributed by atoms with Crippen LogP contribution in [0.15, 0.2) is 0 Å². The lowest BCUT2D eigenvalue weighted by molar-refractivity contribution is 0.434. The van der Waals surface area contributed by atoms with Gasteiger partial charge in [-0.25, -0.2) is 0 Å². The molecule has 0 rings (SSSR count). The highest BCUT2D eigenvalue weighted by atomic mass is 14.9. The number of hydrogen-bond acceptors (Lipinski definition) is 1. The van der Waals surface area contributed by atoms with Crippen molar-refractivity contribution in [3.05, 3.63) is 0 Å². The molecule has 1 nitrogen and oxygen atoms in total. The fourth-order valence-electron chi connectivity index (χ4n) is 1.60. The molecule has 0 heterocycles. The first-order chi connectivity index (χ1) is 7.85. The summed E-state index contributed by atoms with van der Waals surface area (Å²) in [4.78, 5) is 0. The van der Waals surface area contributed by atoms with Crippen LogP contribution in [0.5, 0.6) is 0 Å². The molecule has 1 atom stereocenters. The zero-order valence-corrected chi connectivity index (χ0v) is 12.7. The summed E-state index contributed by atoms with van der Waals surface area (Å²) in [6.07, 6.45) is 4.73. The van der Waals surface area contributed by atoms with Gasteiger partial charge in [0.15, 0.2) is 0 Å². The van der Waals surface area contributed by atoms with E-state index in [2.05, 4.69) is 58.7 Å². The van der Waals surface area contributed by atoms with Crippen LogP contribution in [-0.4, -0.2) is 12.6 Å². The van der Waals surface area contributed by atoms with Gasteiger partial charge in [-0.15, -0.1) is 5.92 Å². The van der Waals surface area contributed by atoms with Gasteiger partial charge in [-0.1, -0.05) is 26.7 Å². The van der Waals surface area contributed by atoms with Gasteiger partial charge in [0.2, 0.25) is 0 Å². The van der Waals surface area contributed by atoms with Crippen LogP contribution in [0.4, 0.5) is 0 Å². The Labute approximate surface area is 109 Å². The van der Waals surface area contributed by atoms with Gasteiger partial charge in [-0.05, 0) is 52.5 Å². The second kappa shape index (κ2) is 8.59. The minimum atomic E-state index is 0.132. The van der Waals surface area contributed by atoms with E-state index in [1.807, 2.05) is 0 Å². The maximum Gasteiger partial charge on any atom is 0.0243 e. The van der Waals surface area contributed by atoms with Crippen molar-refractivity contribution < 1.29 is 0 Å². The molecule has 0 aliphatic carbocycles. The van der Waals surface area contributed by atoms with Crippen molar-refractivity contribution in [2.45, 2.75) is 73.3 Å². The Balaban J connectivity index is 4.12. The van der Waals surface area contributed by atoms with Crippen LogP contribution < -0.4 is 5.32 Å². The Hall–Kier alpha value is -0.480. The topological polar surface area (TPSA) is 12.0 Å². The number of hydrogen-bond donors (Lipinski definition) is 1. The molecule has 0 saturated carbocycles. The first-order valence-corrected chi connectivity index (χ1v) is 7.08. The molecule has 0 aromatic heterocycles. The first kappa shape index (κ1) is 16.5. The van der Waals surface area contributed by atoms with Crippen molar-refractivity contribution in [3.8, 4) is 11.8 Å².